The molecule has 164 valence electrons. The van der Waals surface area contributed by atoms with Crippen molar-refractivity contribution in [1.82, 2.24) is 9.88 Å². The van der Waals surface area contributed by atoms with E-state index in [1.165, 1.54) is 16.6 Å². The molecule has 2 aliphatic heterocycles. The van der Waals surface area contributed by atoms with E-state index in [0.29, 0.717) is 0 Å². The summed E-state index contributed by atoms with van der Waals surface area (Å²) in [6.07, 6.45) is 0.421. The largest absolute Gasteiger partial charge is 0.377 e. The van der Waals surface area contributed by atoms with Crippen LogP contribution in [0.4, 0.5) is 5.69 Å². The van der Waals surface area contributed by atoms with Crippen LogP contribution in [0.15, 0.2) is 48.5 Å². The lowest BCUT2D eigenvalue weighted by molar-refractivity contribution is -0.0324. The molecule has 0 saturated carbocycles. The predicted octanol–water partition coefficient (Wildman–Crippen LogP) is 4.29. The Kier molecular flexibility index (Phi) is 5.69. The molecule has 1 saturated heterocycles. The molecule has 4 atom stereocenters. The number of nitrogens with zero attached hydrogens (tertiary/aromatic N) is 2. The van der Waals surface area contributed by atoms with Crippen molar-refractivity contribution in [3.8, 4) is 0 Å². The maximum Gasteiger partial charge on any atom is 0.122 e. The molecule has 3 aromatic rings. The number of morpholine rings is 1. The predicted molar refractivity (Wildman–Crippen MR) is 126 cm³/mol. The van der Waals surface area contributed by atoms with Gasteiger partial charge in [-0.3, -0.25) is 4.90 Å². The van der Waals surface area contributed by atoms with Crippen LogP contribution in [0.2, 0.25) is 0 Å². The van der Waals surface area contributed by atoms with Gasteiger partial charge in [-0.15, -0.1) is 11.6 Å². The van der Waals surface area contributed by atoms with Crippen molar-refractivity contribution in [2.75, 3.05) is 30.5 Å². The Morgan fingerprint density at radius 2 is 1.94 bits per heavy atom. The molecule has 2 aliphatic rings. The van der Waals surface area contributed by atoms with Gasteiger partial charge < -0.3 is 19.7 Å². The topological polar surface area (TPSA) is 51.7 Å². The van der Waals surface area contributed by atoms with Crippen LogP contribution in [0.1, 0.15) is 36.7 Å². The number of aromatic amines is 1. The molecule has 0 spiro atoms. The van der Waals surface area contributed by atoms with Crippen LogP contribution in [0.5, 0.6) is 0 Å². The highest BCUT2D eigenvalue weighted by atomic mass is 35.5. The Balaban J connectivity index is 1.56. The number of halogens is 1. The van der Waals surface area contributed by atoms with Crippen LogP contribution >= 0.6 is 11.6 Å². The van der Waals surface area contributed by atoms with E-state index >= 15 is 0 Å². The molecule has 0 bridgehead atoms. The zero-order valence-corrected chi connectivity index (χ0v) is 18.8. The molecule has 0 amide bonds. The molecule has 2 aromatic carbocycles. The van der Waals surface area contributed by atoms with Crippen molar-refractivity contribution >= 4 is 28.2 Å². The number of hydrogen-bond acceptors (Lipinski definition) is 4. The average molecular weight is 440 g/mol. The number of benzene rings is 2. The first-order chi connectivity index (χ1) is 15.1. The molecular weight excluding hydrogens is 410 g/mol. The van der Waals surface area contributed by atoms with Crippen LogP contribution in [-0.4, -0.2) is 58.9 Å². The fourth-order valence-electron chi connectivity index (χ4n) is 5.28. The summed E-state index contributed by atoms with van der Waals surface area (Å²) in [4.78, 5) is 8.18. The number of aromatic nitrogens is 1. The van der Waals surface area contributed by atoms with E-state index < -0.39 is 6.23 Å². The van der Waals surface area contributed by atoms with E-state index in [9.17, 15) is 5.11 Å². The summed E-state index contributed by atoms with van der Waals surface area (Å²) in [6.45, 7) is 6.87. The van der Waals surface area contributed by atoms with Gasteiger partial charge in [0.05, 0.1) is 24.6 Å². The zero-order valence-electron chi connectivity index (χ0n) is 18.1. The molecule has 1 aromatic heterocycles. The van der Waals surface area contributed by atoms with Crippen molar-refractivity contribution in [3.63, 3.8) is 0 Å². The second kappa shape index (κ2) is 8.47. The van der Waals surface area contributed by atoms with Gasteiger partial charge in [0.15, 0.2) is 0 Å². The summed E-state index contributed by atoms with van der Waals surface area (Å²) in [5, 5.41) is 12.1. The van der Waals surface area contributed by atoms with Crippen LogP contribution in [0, 0.1) is 0 Å². The van der Waals surface area contributed by atoms with Crippen LogP contribution < -0.4 is 4.90 Å². The third kappa shape index (κ3) is 3.74. The quantitative estimate of drug-likeness (QED) is 0.595. The summed E-state index contributed by atoms with van der Waals surface area (Å²) in [6, 6.07) is 17.3. The highest BCUT2D eigenvalue weighted by Gasteiger charge is 2.38. The minimum Gasteiger partial charge on any atom is -0.377 e. The van der Waals surface area contributed by atoms with Gasteiger partial charge in [-0.2, -0.15) is 0 Å². The van der Waals surface area contributed by atoms with Crippen molar-refractivity contribution in [2.24, 2.45) is 0 Å². The van der Waals surface area contributed by atoms with Gasteiger partial charge in [-0.1, -0.05) is 30.3 Å². The highest BCUT2D eigenvalue weighted by Crippen LogP contribution is 2.42. The Morgan fingerprint density at radius 3 is 2.68 bits per heavy atom. The summed E-state index contributed by atoms with van der Waals surface area (Å²) in [7, 11) is 0. The van der Waals surface area contributed by atoms with Crippen molar-refractivity contribution in [2.45, 2.75) is 44.7 Å². The van der Waals surface area contributed by atoms with Gasteiger partial charge in [0.2, 0.25) is 0 Å². The first kappa shape index (κ1) is 20.8. The van der Waals surface area contributed by atoms with Gasteiger partial charge in [-0.25, -0.2) is 0 Å². The zero-order chi connectivity index (χ0) is 21.5. The Hall–Kier alpha value is -2.05. The molecule has 1 fully saturated rings. The SMILES string of the molecule is CC1CN(c2ccc([C@@H]3c4[nH]c5ccccc5c4C[C@H](C)N3C(O)CCl)cc2)CCO1. The summed E-state index contributed by atoms with van der Waals surface area (Å²) >= 11 is 6.13. The third-order valence-corrected chi connectivity index (χ3v) is 7.00. The number of ether oxygens (including phenoxy) is 1. The number of anilines is 1. The molecule has 6 heteroatoms. The normalized spacial score (nSPS) is 25.5. The highest BCUT2D eigenvalue weighted by molar-refractivity contribution is 6.18. The van der Waals surface area contributed by atoms with E-state index in [1.807, 2.05) is 0 Å². The molecule has 2 N–H and O–H groups in total. The number of rotatable bonds is 4. The fraction of sp³-hybridized carbons (Fsp3) is 0.440. The number of para-hydroxylation sites is 1. The van der Waals surface area contributed by atoms with E-state index in [4.69, 9.17) is 16.3 Å². The Morgan fingerprint density at radius 1 is 1.16 bits per heavy atom. The number of aliphatic hydroxyl groups excluding tert-OH is 1. The third-order valence-electron chi connectivity index (χ3n) is 6.72. The molecule has 3 heterocycles. The van der Waals surface area contributed by atoms with E-state index in [2.05, 4.69) is 77.2 Å². The van der Waals surface area contributed by atoms with Gasteiger partial charge in [-0.05, 0) is 49.6 Å². The standard InChI is InChI=1S/C25H30ClN3O2/c1-16-13-21-20-5-3-4-6-22(20)27-24(21)25(29(16)23(30)14-26)18-7-9-19(10-8-18)28-11-12-31-17(2)15-28/h3-10,16-17,23,25,27,30H,11-15H2,1-2H3/t16-,17?,23?,25+/m0/s1. The van der Waals surface area contributed by atoms with E-state index in [1.54, 1.807) is 0 Å². The van der Waals surface area contributed by atoms with Gasteiger partial charge in [0, 0.05) is 41.4 Å². The average Bonchev–Trinajstić information content (AvgIpc) is 3.16. The van der Waals surface area contributed by atoms with E-state index in [-0.39, 0.29) is 24.1 Å². The number of fused-ring (bicyclic) bond motifs is 3. The van der Waals surface area contributed by atoms with Crippen LogP contribution in [0.25, 0.3) is 10.9 Å². The lowest BCUT2D eigenvalue weighted by Gasteiger charge is -2.43. The number of hydrogen-bond donors (Lipinski definition) is 2. The molecule has 5 nitrogen and oxygen atoms in total. The minimum absolute atomic E-state index is 0.0717. The second-order valence-corrected chi connectivity index (χ2v) is 9.13. The first-order valence-electron chi connectivity index (χ1n) is 11.1. The molecule has 5 rings (SSSR count). The monoisotopic (exact) mass is 439 g/mol. The smallest absolute Gasteiger partial charge is 0.122 e. The van der Waals surface area contributed by atoms with Crippen LogP contribution in [-0.2, 0) is 11.2 Å². The van der Waals surface area contributed by atoms with Crippen LogP contribution in [0.3, 0.4) is 0 Å². The molecular formula is C25H30ClN3O2. The lowest BCUT2D eigenvalue weighted by atomic mass is 9.88. The number of alkyl halides is 1. The number of nitrogens with one attached hydrogen (secondary N) is 1. The van der Waals surface area contributed by atoms with Crippen molar-refractivity contribution < 1.29 is 9.84 Å². The Labute approximate surface area is 188 Å². The molecule has 31 heavy (non-hydrogen) atoms. The molecule has 0 radical (unpaired) electrons. The van der Waals surface area contributed by atoms with Crippen molar-refractivity contribution in [3.05, 3.63) is 65.4 Å². The summed E-state index contributed by atoms with van der Waals surface area (Å²) < 4.78 is 5.69. The maximum absolute atomic E-state index is 10.8. The maximum atomic E-state index is 10.8. The minimum atomic E-state index is -0.707. The van der Waals surface area contributed by atoms with Gasteiger partial charge in [0.25, 0.3) is 0 Å². The summed E-state index contributed by atoms with van der Waals surface area (Å²) in [5.74, 6) is 0.181. The van der Waals surface area contributed by atoms with Crippen molar-refractivity contribution in [1.29, 1.82) is 0 Å². The molecule has 2 unspecified atom stereocenters. The number of H-pyrrole nitrogens is 1. The second-order valence-electron chi connectivity index (χ2n) is 8.82. The van der Waals surface area contributed by atoms with E-state index in [0.717, 1.165) is 42.9 Å². The molecule has 0 aliphatic carbocycles. The Bertz CT molecular complexity index is 1050. The first-order valence-corrected chi connectivity index (χ1v) is 11.7. The fourth-order valence-corrected chi connectivity index (χ4v) is 5.44. The van der Waals surface area contributed by atoms with Gasteiger partial charge >= 0.3 is 0 Å². The number of aliphatic hydroxyl groups is 1. The lowest BCUT2D eigenvalue weighted by Crippen LogP contribution is -2.49. The summed E-state index contributed by atoms with van der Waals surface area (Å²) in [5.41, 5.74) is 6.02. The van der Waals surface area contributed by atoms with Gasteiger partial charge in [0.1, 0.15) is 6.23 Å².